The van der Waals surface area contributed by atoms with Crippen molar-refractivity contribution in [2.75, 3.05) is 12.8 Å². The summed E-state index contributed by atoms with van der Waals surface area (Å²) in [6, 6.07) is 18.4. The average Bonchev–Trinajstić information content (AvgIpc) is 2.50. The summed E-state index contributed by atoms with van der Waals surface area (Å²) in [6.45, 7) is 1.80. The van der Waals surface area contributed by atoms with Gasteiger partial charge in [0.25, 0.3) is 0 Å². The Morgan fingerprint density at radius 2 is 1.71 bits per heavy atom. The molecule has 1 heterocycles. The van der Waals surface area contributed by atoms with Crippen molar-refractivity contribution in [2.45, 2.75) is 13.1 Å². The van der Waals surface area contributed by atoms with Crippen molar-refractivity contribution in [3.8, 4) is 0 Å². The van der Waals surface area contributed by atoms with Gasteiger partial charge in [-0.05, 0) is 42.4 Å². The van der Waals surface area contributed by atoms with Crippen LogP contribution in [0.1, 0.15) is 11.1 Å². The van der Waals surface area contributed by atoms with Crippen LogP contribution in [-0.4, -0.2) is 16.9 Å². The third-order valence-electron chi connectivity index (χ3n) is 3.61. The van der Waals surface area contributed by atoms with Gasteiger partial charge in [0.1, 0.15) is 0 Å². The number of hydrogen-bond acceptors (Lipinski definition) is 3. The maximum Gasteiger partial charge on any atom is 0.0705 e. The number of pyridine rings is 1. The van der Waals surface area contributed by atoms with Crippen molar-refractivity contribution in [1.29, 1.82) is 0 Å². The molecule has 0 aliphatic rings. The lowest BCUT2D eigenvalue weighted by Crippen LogP contribution is -2.17. The molecule has 0 saturated heterocycles. The summed E-state index contributed by atoms with van der Waals surface area (Å²) in [5, 5.41) is 1.23. The summed E-state index contributed by atoms with van der Waals surface area (Å²) < 4.78 is 0. The SMILES string of the molecule is CN(Cc1ccc(N)cc1)Cc1ccnc2ccccc12. The number of nitrogens with zero attached hydrogens (tertiary/aromatic N) is 2. The Balaban J connectivity index is 1.77. The Morgan fingerprint density at radius 3 is 2.52 bits per heavy atom. The van der Waals surface area contributed by atoms with Crippen molar-refractivity contribution in [3.63, 3.8) is 0 Å². The molecule has 2 N–H and O–H groups in total. The first-order chi connectivity index (χ1) is 10.2. The van der Waals surface area contributed by atoms with E-state index in [4.69, 9.17) is 5.73 Å². The highest BCUT2D eigenvalue weighted by Gasteiger charge is 2.05. The molecule has 2 aromatic carbocycles. The first-order valence-electron chi connectivity index (χ1n) is 7.08. The highest BCUT2D eigenvalue weighted by molar-refractivity contribution is 5.81. The standard InChI is InChI=1S/C18H19N3/c1-21(12-14-6-8-16(19)9-7-14)13-15-10-11-20-18-5-3-2-4-17(15)18/h2-11H,12-13,19H2,1H3. The van der Waals surface area contributed by atoms with E-state index in [9.17, 15) is 0 Å². The first kappa shape index (κ1) is 13.6. The Morgan fingerprint density at radius 1 is 0.952 bits per heavy atom. The molecule has 0 radical (unpaired) electrons. The number of aromatic nitrogens is 1. The molecule has 0 aliphatic carbocycles. The Labute approximate surface area is 125 Å². The van der Waals surface area contributed by atoms with Gasteiger partial charge in [0.15, 0.2) is 0 Å². The number of fused-ring (bicyclic) bond motifs is 1. The predicted octanol–water partition coefficient (Wildman–Crippen LogP) is 3.45. The monoisotopic (exact) mass is 277 g/mol. The Bertz CT molecular complexity index is 730. The fraction of sp³-hybridized carbons (Fsp3) is 0.167. The topological polar surface area (TPSA) is 42.1 Å². The second kappa shape index (κ2) is 5.94. The Hall–Kier alpha value is -2.39. The van der Waals surface area contributed by atoms with Crippen LogP contribution in [0.5, 0.6) is 0 Å². The predicted molar refractivity (Wildman–Crippen MR) is 87.8 cm³/mol. The molecule has 3 aromatic rings. The van der Waals surface area contributed by atoms with E-state index in [1.807, 2.05) is 24.4 Å². The molecular formula is C18H19N3. The van der Waals surface area contributed by atoms with E-state index >= 15 is 0 Å². The quantitative estimate of drug-likeness (QED) is 0.743. The van der Waals surface area contributed by atoms with Crippen LogP contribution in [0.15, 0.2) is 60.8 Å². The van der Waals surface area contributed by atoms with E-state index in [1.165, 1.54) is 16.5 Å². The molecule has 0 saturated carbocycles. The smallest absolute Gasteiger partial charge is 0.0705 e. The fourth-order valence-electron chi connectivity index (χ4n) is 2.57. The van der Waals surface area contributed by atoms with Crippen LogP contribution in [-0.2, 0) is 13.1 Å². The van der Waals surface area contributed by atoms with Gasteiger partial charge >= 0.3 is 0 Å². The highest BCUT2D eigenvalue weighted by atomic mass is 15.1. The van der Waals surface area contributed by atoms with Crippen LogP contribution < -0.4 is 5.73 Å². The largest absolute Gasteiger partial charge is 0.399 e. The molecule has 3 rings (SSSR count). The van der Waals surface area contributed by atoms with Gasteiger partial charge in [0, 0.05) is 30.4 Å². The summed E-state index contributed by atoms with van der Waals surface area (Å²) in [4.78, 5) is 6.71. The molecule has 0 aliphatic heterocycles. The normalized spacial score (nSPS) is 11.1. The van der Waals surface area contributed by atoms with E-state index in [1.54, 1.807) is 0 Å². The van der Waals surface area contributed by atoms with E-state index in [-0.39, 0.29) is 0 Å². The molecule has 0 spiro atoms. The van der Waals surface area contributed by atoms with Gasteiger partial charge in [0.05, 0.1) is 5.52 Å². The lowest BCUT2D eigenvalue weighted by atomic mass is 10.1. The summed E-state index contributed by atoms with van der Waals surface area (Å²) in [5.74, 6) is 0. The first-order valence-corrected chi connectivity index (χ1v) is 7.08. The minimum Gasteiger partial charge on any atom is -0.399 e. The zero-order valence-electron chi connectivity index (χ0n) is 12.2. The number of para-hydroxylation sites is 1. The summed E-state index contributed by atoms with van der Waals surface area (Å²) in [7, 11) is 2.13. The van der Waals surface area contributed by atoms with Crippen molar-refractivity contribution in [3.05, 3.63) is 71.9 Å². The van der Waals surface area contributed by atoms with Crippen molar-refractivity contribution in [1.82, 2.24) is 9.88 Å². The molecule has 3 heteroatoms. The van der Waals surface area contributed by atoms with Gasteiger partial charge in [0.2, 0.25) is 0 Å². The van der Waals surface area contributed by atoms with E-state index < -0.39 is 0 Å². The van der Waals surface area contributed by atoms with Crippen LogP contribution in [0, 0.1) is 0 Å². The molecule has 21 heavy (non-hydrogen) atoms. The van der Waals surface area contributed by atoms with Gasteiger partial charge in [-0.1, -0.05) is 30.3 Å². The number of anilines is 1. The molecular weight excluding hydrogens is 258 g/mol. The van der Waals surface area contributed by atoms with Gasteiger partial charge < -0.3 is 5.73 Å². The lowest BCUT2D eigenvalue weighted by Gasteiger charge is -2.18. The third kappa shape index (κ3) is 3.20. The summed E-state index contributed by atoms with van der Waals surface area (Å²) in [5.41, 5.74) is 10.2. The zero-order chi connectivity index (χ0) is 14.7. The maximum atomic E-state index is 5.72. The molecule has 3 nitrogen and oxygen atoms in total. The molecule has 0 unspecified atom stereocenters. The number of rotatable bonds is 4. The second-order valence-corrected chi connectivity index (χ2v) is 5.40. The van der Waals surface area contributed by atoms with Gasteiger partial charge in [-0.15, -0.1) is 0 Å². The highest BCUT2D eigenvalue weighted by Crippen LogP contribution is 2.18. The van der Waals surface area contributed by atoms with E-state index in [0.717, 1.165) is 24.3 Å². The average molecular weight is 277 g/mol. The maximum absolute atomic E-state index is 5.72. The van der Waals surface area contributed by atoms with E-state index in [0.29, 0.717) is 0 Å². The molecule has 0 amide bonds. The van der Waals surface area contributed by atoms with Crippen molar-refractivity contribution >= 4 is 16.6 Å². The number of hydrogen-bond donors (Lipinski definition) is 1. The molecule has 106 valence electrons. The minimum atomic E-state index is 0.807. The third-order valence-corrected chi connectivity index (χ3v) is 3.61. The van der Waals surface area contributed by atoms with Crippen LogP contribution >= 0.6 is 0 Å². The van der Waals surface area contributed by atoms with Crippen LogP contribution in [0.25, 0.3) is 10.9 Å². The molecule has 0 atom stereocenters. The van der Waals surface area contributed by atoms with Crippen LogP contribution in [0.2, 0.25) is 0 Å². The van der Waals surface area contributed by atoms with Crippen molar-refractivity contribution < 1.29 is 0 Å². The molecule has 0 fully saturated rings. The molecule has 1 aromatic heterocycles. The van der Waals surface area contributed by atoms with Gasteiger partial charge in [-0.3, -0.25) is 9.88 Å². The zero-order valence-corrected chi connectivity index (χ0v) is 12.2. The van der Waals surface area contributed by atoms with Gasteiger partial charge in [-0.2, -0.15) is 0 Å². The van der Waals surface area contributed by atoms with E-state index in [2.05, 4.69) is 53.3 Å². The van der Waals surface area contributed by atoms with Crippen LogP contribution in [0.4, 0.5) is 5.69 Å². The number of nitrogens with two attached hydrogens (primary N) is 1. The van der Waals surface area contributed by atoms with Crippen molar-refractivity contribution in [2.24, 2.45) is 0 Å². The number of nitrogen functional groups attached to an aromatic ring is 1. The fourth-order valence-corrected chi connectivity index (χ4v) is 2.57. The molecule has 0 bridgehead atoms. The van der Waals surface area contributed by atoms with Crippen LogP contribution in [0.3, 0.4) is 0 Å². The second-order valence-electron chi connectivity index (χ2n) is 5.40. The van der Waals surface area contributed by atoms with Gasteiger partial charge in [-0.25, -0.2) is 0 Å². The summed E-state index contributed by atoms with van der Waals surface area (Å²) >= 11 is 0. The minimum absolute atomic E-state index is 0.807. The Kier molecular flexibility index (Phi) is 3.84. The number of benzene rings is 2. The lowest BCUT2D eigenvalue weighted by molar-refractivity contribution is 0.320. The summed E-state index contributed by atoms with van der Waals surface area (Å²) in [6.07, 6.45) is 1.88.